The molecule has 2 aromatic heterocycles. The van der Waals surface area contributed by atoms with Crippen LogP contribution in [0.2, 0.25) is 10.0 Å². The fraction of sp³-hybridized carbons (Fsp3) is 0.0556. The molecule has 3 rings (SSSR count). The van der Waals surface area contributed by atoms with Crippen LogP contribution in [0, 0.1) is 0 Å². The highest BCUT2D eigenvalue weighted by Crippen LogP contribution is 2.28. The number of carbonyl (C=O) groups is 1. The Kier molecular flexibility index (Phi) is 5.48. The second kappa shape index (κ2) is 7.96. The maximum absolute atomic E-state index is 12.3. The minimum absolute atomic E-state index is 0.286. The molecule has 0 fully saturated rings. The molecule has 3 aromatic rings. The van der Waals surface area contributed by atoms with Crippen LogP contribution in [0.1, 0.15) is 16.2 Å². The molecule has 0 aliphatic rings. The third kappa shape index (κ3) is 4.68. The van der Waals surface area contributed by atoms with Gasteiger partial charge in [-0.3, -0.25) is 14.8 Å². The zero-order valence-electron chi connectivity index (χ0n) is 13.0. The molecule has 0 atom stereocenters. The Morgan fingerprint density at radius 2 is 1.88 bits per heavy atom. The zero-order valence-corrected chi connectivity index (χ0v) is 14.6. The van der Waals surface area contributed by atoms with Crippen LogP contribution in [0.5, 0.6) is 0 Å². The van der Waals surface area contributed by atoms with Gasteiger partial charge in [0.1, 0.15) is 5.69 Å². The third-order valence-electron chi connectivity index (χ3n) is 3.36. The normalized spacial score (nSPS) is 10.3. The molecule has 2 heterocycles. The summed E-state index contributed by atoms with van der Waals surface area (Å²) in [5, 5.41) is 7.02. The van der Waals surface area contributed by atoms with E-state index in [1.165, 1.54) is 0 Å². The number of carbonyl (C=O) groups excluding carboxylic acids is 1. The number of rotatable bonds is 5. The summed E-state index contributed by atoms with van der Waals surface area (Å²) in [5.41, 5.74) is 2.40. The molecule has 0 bridgehead atoms. The van der Waals surface area contributed by atoms with Gasteiger partial charge in [0.2, 0.25) is 0 Å². The van der Waals surface area contributed by atoms with E-state index >= 15 is 0 Å². The SMILES string of the molecule is O=C(NCc1ccccn1)c1cc(Nc2cc(Cl)ccc2Cl)ccn1. The molecule has 0 spiro atoms. The summed E-state index contributed by atoms with van der Waals surface area (Å²) in [6, 6.07) is 14.0. The van der Waals surface area contributed by atoms with Crippen LogP contribution in [0.15, 0.2) is 60.9 Å². The number of halogens is 2. The van der Waals surface area contributed by atoms with Gasteiger partial charge >= 0.3 is 0 Å². The van der Waals surface area contributed by atoms with Gasteiger partial charge in [-0.2, -0.15) is 0 Å². The Labute approximate surface area is 155 Å². The average Bonchev–Trinajstić information content (AvgIpc) is 2.64. The van der Waals surface area contributed by atoms with Crippen molar-refractivity contribution in [1.29, 1.82) is 0 Å². The van der Waals surface area contributed by atoms with Crippen LogP contribution in [0.25, 0.3) is 0 Å². The van der Waals surface area contributed by atoms with E-state index in [-0.39, 0.29) is 5.91 Å². The molecular formula is C18H14Cl2N4O. The van der Waals surface area contributed by atoms with Crippen LogP contribution in [-0.4, -0.2) is 15.9 Å². The van der Waals surface area contributed by atoms with E-state index in [2.05, 4.69) is 20.6 Å². The number of nitrogens with one attached hydrogen (secondary N) is 2. The summed E-state index contributed by atoms with van der Waals surface area (Å²) >= 11 is 12.1. The molecule has 0 aliphatic carbocycles. The predicted octanol–water partition coefficient (Wildman–Crippen LogP) is 4.46. The second-order valence-electron chi connectivity index (χ2n) is 5.18. The lowest BCUT2D eigenvalue weighted by Crippen LogP contribution is -2.24. The standard InChI is InChI=1S/C18H14Cl2N4O/c19-12-4-5-15(20)16(9-12)24-13-6-8-22-17(10-13)18(25)23-11-14-3-1-2-7-21-14/h1-10H,11H2,(H,22,24)(H,23,25). The Bertz CT molecular complexity index is 887. The molecule has 1 amide bonds. The van der Waals surface area contributed by atoms with Crippen molar-refractivity contribution in [2.24, 2.45) is 0 Å². The Balaban J connectivity index is 1.70. The van der Waals surface area contributed by atoms with Gasteiger partial charge in [-0.25, -0.2) is 0 Å². The number of amides is 1. The van der Waals surface area contributed by atoms with E-state index in [1.807, 2.05) is 18.2 Å². The molecule has 25 heavy (non-hydrogen) atoms. The zero-order chi connectivity index (χ0) is 17.6. The van der Waals surface area contributed by atoms with E-state index in [0.717, 1.165) is 5.69 Å². The average molecular weight is 373 g/mol. The molecule has 2 N–H and O–H groups in total. The van der Waals surface area contributed by atoms with Crippen LogP contribution in [0.3, 0.4) is 0 Å². The largest absolute Gasteiger partial charge is 0.354 e. The Morgan fingerprint density at radius 1 is 1.00 bits per heavy atom. The number of aromatic nitrogens is 2. The Hall–Kier alpha value is -2.63. The molecular weight excluding hydrogens is 359 g/mol. The number of pyridine rings is 2. The first-order valence-corrected chi connectivity index (χ1v) is 8.23. The maximum Gasteiger partial charge on any atom is 0.270 e. The van der Waals surface area contributed by atoms with E-state index in [0.29, 0.717) is 33.7 Å². The molecule has 0 aliphatic heterocycles. The van der Waals surface area contributed by atoms with Gasteiger partial charge in [0.25, 0.3) is 5.91 Å². The van der Waals surface area contributed by atoms with Crippen LogP contribution >= 0.6 is 23.2 Å². The molecule has 0 saturated carbocycles. The summed E-state index contributed by atoms with van der Waals surface area (Å²) in [5.74, 6) is -0.286. The van der Waals surface area contributed by atoms with Gasteiger partial charge in [0.15, 0.2) is 0 Å². The van der Waals surface area contributed by atoms with E-state index in [4.69, 9.17) is 23.2 Å². The molecule has 0 radical (unpaired) electrons. The topological polar surface area (TPSA) is 66.9 Å². The van der Waals surface area contributed by atoms with Crippen molar-refractivity contribution in [1.82, 2.24) is 15.3 Å². The molecule has 7 heteroatoms. The van der Waals surface area contributed by atoms with Gasteiger partial charge < -0.3 is 10.6 Å². The van der Waals surface area contributed by atoms with E-state index in [9.17, 15) is 4.79 Å². The van der Waals surface area contributed by atoms with Gasteiger partial charge in [-0.1, -0.05) is 29.3 Å². The highest BCUT2D eigenvalue weighted by molar-refractivity contribution is 6.35. The van der Waals surface area contributed by atoms with E-state index < -0.39 is 0 Å². The quantitative estimate of drug-likeness (QED) is 0.693. The fourth-order valence-electron chi connectivity index (χ4n) is 2.15. The fourth-order valence-corrected chi connectivity index (χ4v) is 2.48. The first kappa shape index (κ1) is 17.2. The van der Waals surface area contributed by atoms with Crippen molar-refractivity contribution < 1.29 is 4.79 Å². The second-order valence-corrected chi connectivity index (χ2v) is 6.03. The van der Waals surface area contributed by atoms with Crippen molar-refractivity contribution in [3.63, 3.8) is 0 Å². The summed E-state index contributed by atoms with van der Waals surface area (Å²) < 4.78 is 0. The molecule has 0 unspecified atom stereocenters. The van der Waals surface area contributed by atoms with Crippen molar-refractivity contribution >= 4 is 40.5 Å². The molecule has 126 valence electrons. The van der Waals surface area contributed by atoms with Gasteiger partial charge in [-0.15, -0.1) is 0 Å². The van der Waals surface area contributed by atoms with Crippen molar-refractivity contribution in [2.45, 2.75) is 6.54 Å². The Morgan fingerprint density at radius 3 is 2.68 bits per heavy atom. The van der Waals surface area contributed by atoms with E-state index in [1.54, 1.807) is 42.7 Å². The molecule has 5 nitrogen and oxygen atoms in total. The number of hydrogen-bond donors (Lipinski definition) is 2. The number of benzene rings is 1. The first-order valence-electron chi connectivity index (χ1n) is 7.48. The van der Waals surface area contributed by atoms with Crippen molar-refractivity contribution in [2.75, 3.05) is 5.32 Å². The van der Waals surface area contributed by atoms with Gasteiger partial charge in [0.05, 0.1) is 22.9 Å². The number of hydrogen-bond acceptors (Lipinski definition) is 4. The minimum Gasteiger partial charge on any atom is -0.354 e. The summed E-state index contributed by atoms with van der Waals surface area (Å²) in [6.07, 6.45) is 3.23. The summed E-state index contributed by atoms with van der Waals surface area (Å²) in [7, 11) is 0. The van der Waals surface area contributed by atoms with Gasteiger partial charge in [-0.05, 0) is 42.5 Å². The maximum atomic E-state index is 12.3. The van der Waals surface area contributed by atoms with Crippen LogP contribution in [0.4, 0.5) is 11.4 Å². The summed E-state index contributed by atoms with van der Waals surface area (Å²) in [4.78, 5) is 20.5. The smallest absolute Gasteiger partial charge is 0.270 e. The first-order chi connectivity index (χ1) is 12.1. The predicted molar refractivity (Wildman–Crippen MR) is 99.4 cm³/mol. The highest BCUT2D eigenvalue weighted by Gasteiger charge is 2.09. The lowest BCUT2D eigenvalue weighted by Gasteiger charge is -2.10. The lowest BCUT2D eigenvalue weighted by atomic mass is 10.2. The van der Waals surface area contributed by atoms with Crippen molar-refractivity contribution in [3.05, 3.63) is 82.4 Å². The third-order valence-corrected chi connectivity index (χ3v) is 3.92. The molecule has 0 saturated heterocycles. The van der Waals surface area contributed by atoms with Crippen molar-refractivity contribution in [3.8, 4) is 0 Å². The number of nitrogens with zero attached hydrogens (tertiary/aromatic N) is 2. The summed E-state index contributed by atoms with van der Waals surface area (Å²) in [6.45, 7) is 0.332. The minimum atomic E-state index is -0.286. The lowest BCUT2D eigenvalue weighted by molar-refractivity contribution is 0.0945. The highest BCUT2D eigenvalue weighted by atomic mass is 35.5. The van der Waals surface area contributed by atoms with Gasteiger partial charge in [0, 0.05) is 23.1 Å². The number of anilines is 2. The molecule has 1 aromatic carbocycles. The van der Waals surface area contributed by atoms with Crippen LogP contribution in [-0.2, 0) is 6.54 Å². The van der Waals surface area contributed by atoms with Crippen LogP contribution < -0.4 is 10.6 Å². The monoisotopic (exact) mass is 372 g/mol.